The Morgan fingerprint density at radius 3 is 2.14 bits per heavy atom. The molecule has 2 atom stereocenters. The third kappa shape index (κ3) is 5.09. The summed E-state index contributed by atoms with van der Waals surface area (Å²) in [6, 6.07) is 31.5. The van der Waals surface area contributed by atoms with Crippen LogP contribution in [0.3, 0.4) is 0 Å². The molecule has 37 heavy (non-hydrogen) atoms. The highest BCUT2D eigenvalue weighted by atomic mass is 35.5. The molecule has 0 bridgehead atoms. The van der Waals surface area contributed by atoms with Gasteiger partial charge in [-0.3, -0.25) is 9.59 Å². The van der Waals surface area contributed by atoms with Gasteiger partial charge in [-0.1, -0.05) is 48.0 Å². The van der Waals surface area contributed by atoms with Gasteiger partial charge in [-0.25, -0.2) is 0 Å². The first kappa shape index (κ1) is 24.6. The molecule has 4 aromatic rings. The number of anilines is 2. The first-order valence-corrected chi connectivity index (χ1v) is 12.6. The molecule has 0 aliphatic carbocycles. The Balaban J connectivity index is 1.45. The Bertz CT molecular complexity index is 1400. The summed E-state index contributed by atoms with van der Waals surface area (Å²) in [6.45, 7) is 3.59. The molecule has 0 fully saturated rings. The number of amides is 2. The average Bonchev–Trinajstić information content (AvgIpc) is 2.90. The number of benzene rings is 4. The second-order valence-electron chi connectivity index (χ2n) is 9.14. The number of hydrogen-bond acceptors (Lipinski definition) is 3. The molecule has 1 aliphatic rings. The van der Waals surface area contributed by atoms with Crippen molar-refractivity contribution in [3.63, 3.8) is 0 Å². The smallest absolute Gasteiger partial charge is 0.258 e. The largest absolute Gasteiger partial charge is 0.457 e. The maximum atomic E-state index is 13.8. The second kappa shape index (κ2) is 10.5. The minimum atomic E-state index is -0.212. The molecule has 0 radical (unpaired) electrons. The fourth-order valence-corrected chi connectivity index (χ4v) is 5.07. The first-order chi connectivity index (χ1) is 17.9. The number of carbonyl (C=O) groups excluding carboxylic acids is 2. The van der Waals surface area contributed by atoms with Crippen molar-refractivity contribution in [2.45, 2.75) is 32.4 Å². The Morgan fingerprint density at radius 2 is 1.46 bits per heavy atom. The van der Waals surface area contributed by atoms with Crippen LogP contribution in [-0.4, -0.2) is 17.9 Å². The van der Waals surface area contributed by atoms with Crippen molar-refractivity contribution in [1.82, 2.24) is 0 Å². The van der Waals surface area contributed by atoms with Crippen LogP contribution in [0.15, 0.2) is 103 Å². The van der Waals surface area contributed by atoms with Crippen molar-refractivity contribution in [2.24, 2.45) is 0 Å². The topological polar surface area (TPSA) is 49.9 Å². The van der Waals surface area contributed by atoms with Gasteiger partial charge in [-0.05, 0) is 85.6 Å². The lowest BCUT2D eigenvalue weighted by Gasteiger charge is -2.43. The van der Waals surface area contributed by atoms with E-state index >= 15 is 0 Å². The number of hydrogen-bond donors (Lipinski definition) is 0. The number of rotatable bonds is 5. The van der Waals surface area contributed by atoms with E-state index in [4.69, 9.17) is 16.3 Å². The Kier molecular flexibility index (Phi) is 6.97. The van der Waals surface area contributed by atoms with Gasteiger partial charge >= 0.3 is 0 Å². The molecule has 0 aromatic heterocycles. The third-order valence-corrected chi connectivity index (χ3v) is 6.87. The van der Waals surface area contributed by atoms with Crippen LogP contribution in [0.25, 0.3) is 0 Å². The predicted molar refractivity (Wildman–Crippen MR) is 148 cm³/mol. The molecule has 6 heteroatoms. The molecule has 5 nitrogen and oxygen atoms in total. The maximum absolute atomic E-state index is 13.8. The molecule has 1 aliphatic heterocycles. The van der Waals surface area contributed by atoms with Crippen molar-refractivity contribution >= 4 is 34.8 Å². The summed E-state index contributed by atoms with van der Waals surface area (Å²) < 4.78 is 5.88. The Labute approximate surface area is 221 Å². The monoisotopic (exact) mass is 510 g/mol. The summed E-state index contributed by atoms with van der Waals surface area (Å²) in [7, 11) is 0. The summed E-state index contributed by atoms with van der Waals surface area (Å²) in [5.74, 6) is 1.24. The van der Waals surface area contributed by atoms with Gasteiger partial charge in [-0.15, -0.1) is 0 Å². The first-order valence-electron chi connectivity index (χ1n) is 12.2. The van der Waals surface area contributed by atoms with Crippen molar-refractivity contribution in [2.75, 3.05) is 9.80 Å². The predicted octanol–water partition coefficient (Wildman–Crippen LogP) is 7.67. The normalized spacial score (nSPS) is 16.6. The summed E-state index contributed by atoms with van der Waals surface area (Å²) >= 11 is 6.09. The molecule has 0 unspecified atom stereocenters. The van der Waals surface area contributed by atoms with E-state index in [1.54, 1.807) is 36.1 Å². The Hall–Kier alpha value is -4.09. The highest BCUT2D eigenvalue weighted by Gasteiger charge is 2.38. The minimum absolute atomic E-state index is 0.0666. The molecule has 0 saturated heterocycles. The van der Waals surface area contributed by atoms with Gasteiger partial charge in [0.25, 0.3) is 5.91 Å². The van der Waals surface area contributed by atoms with Crippen molar-refractivity contribution < 1.29 is 14.3 Å². The van der Waals surface area contributed by atoms with Gasteiger partial charge in [0, 0.05) is 34.9 Å². The molecule has 2 amide bonds. The van der Waals surface area contributed by atoms with E-state index in [0.717, 1.165) is 22.7 Å². The van der Waals surface area contributed by atoms with Crippen molar-refractivity contribution in [3.05, 3.63) is 119 Å². The van der Waals surface area contributed by atoms with Crippen LogP contribution in [0, 0.1) is 0 Å². The van der Waals surface area contributed by atoms with E-state index in [1.807, 2.05) is 90.7 Å². The second-order valence-corrected chi connectivity index (χ2v) is 9.58. The Morgan fingerprint density at radius 1 is 0.838 bits per heavy atom. The van der Waals surface area contributed by atoms with Gasteiger partial charge in [-0.2, -0.15) is 0 Å². The standard InChI is InChI=1S/C31H27ClN2O3/c1-21-20-30(34(22(2)35)25-16-14-24(32)15-17-25)28-10-6-7-11-29(28)33(21)31(36)23-12-18-27(19-13-23)37-26-8-4-3-5-9-26/h3-19,21,30H,20H2,1-2H3/t21-,30+/m1/s1. The van der Waals surface area contributed by atoms with Crippen molar-refractivity contribution in [3.8, 4) is 11.5 Å². The van der Waals surface area contributed by atoms with Gasteiger partial charge in [0.15, 0.2) is 0 Å². The molecule has 0 spiro atoms. The molecular formula is C31H27ClN2O3. The zero-order valence-corrected chi connectivity index (χ0v) is 21.4. The van der Waals surface area contributed by atoms with Crippen LogP contribution in [-0.2, 0) is 4.79 Å². The molecular weight excluding hydrogens is 484 g/mol. The van der Waals surface area contributed by atoms with Gasteiger partial charge in [0.05, 0.1) is 6.04 Å². The molecule has 4 aromatic carbocycles. The van der Waals surface area contributed by atoms with Crippen molar-refractivity contribution in [1.29, 1.82) is 0 Å². The fraction of sp³-hybridized carbons (Fsp3) is 0.161. The van der Waals surface area contributed by atoms with E-state index in [1.165, 1.54) is 0 Å². The van der Waals surface area contributed by atoms with Crippen LogP contribution in [0.1, 0.15) is 42.2 Å². The number of halogens is 1. The molecule has 0 saturated carbocycles. The summed E-state index contributed by atoms with van der Waals surface area (Å²) in [5.41, 5.74) is 3.09. The lowest BCUT2D eigenvalue weighted by atomic mass is 9.89. The van der Waals surface area contributed by atoms with E-state index in [9.17, 15) is 9.59 Å². The van der Waals surface area contributed by atoms with E-state index < -0.39 is 0 Å². The number of para-hydroxylation sites is 2. The van der Waals surface area contributed by atoms with E-state index in [0.29, 0.717) is 22.8 Å². The zero-order valence-electron chi connectivity index (χ0n) is 20.7. The quantitative estimate of drug-likeness (QED) is 0.277. The van der Waals surface area contributed by atoms with Crippen LogP contribution < -0.4 is 14.5 Å². The number of nitrogens with zero attached hydrogens (tertiary/aromatic N) is 2. The third-order valence-electron chi connectivity index (χ3n) is 6.62. The van der Waals surface area contributed by atoms with Gasteiger partial charge in [0.1, 0.15) is 11.5 Å². The average molecular weight is 511 g/mol. The van der Waals surface area contributed by atoms with Gasteiger partial charge in [0.2, 0.25) is 5.91 Å². The lowest BCUT2D eigenvalue weighted by Crippen LogP contribution is -2.47. The molecule has 0 N–H and O–H groups in total. The van der Waals surface area contributed by atoms with Gasteiger partial charge < -0.3 is 14.5 Å². The number of carbonyl (C=O) groups is 2. The number of ether oxygens (including phenoxy) is 1. The zero-order chi connectivity index (χ0) is 25.9. The minimum Gasteiger partial charge on any atom is -0.457 e. The van der Waals surface area contributed by atoms with E-state index in [2.05, 4.69) is 0 Å². The molecule has 186 valence electrons. The molecule has 5 rings (SSSR count). The van der Waals surface area contributed by atoms with Crippen LogP contribution in [0.5, 0.6) is 11.5 Å². The summed E-state index contributed by atoms with van der Waals surface area (Å²) in [4.78, 5) is 30.2. The molecule has 1 heterocycles. The van der Waals surface area contributed by atoms with Crippen LogP contribution in [0.2, 0.25) is 5.02 Å². The van der Waals surface area contributed by atoms with Crippen LogP contribution >= 0.6 is 11.6 Å². The highest BCUT2D eigenvalue weighted by Crippen LogP contribution is 2.43. The lowest BCUT2D eigenvalue weighted by molar-refractivity contribution is -0.117. The summed E-state index contributed by atoms with van der Waals surface area (Å²) in [5, 5.41) is 0.613. The SMILES string of the molecule is CC(=O)N(c1ccc(Cl)cc1)[C@H]1C[C@@H](C)N(C(=O)c2ccc(Oc3ccccc3)cc2)c2ccccc21. The number of fused-ring (bicyclic) bond motifs is 1. The van der Waals surface area contributed by atoms with E-state index in [-0.39, 0.29) is 23.9 Å². The van der Waals surface area contributed by atoms with Crippen LogP contribution in [0.4, 0.5) is 11.4 Å². The fourth-order valence-electron chi connectivity index (χ4n) is 4.95. The highest BCUT2D eigenvalue weighted by molar-refractivity contribution is 6.30. The summed E-state index contributed by atoms with van der Waals surface area (Å²) in [6.07, 6.45) is 0.597. The maximum Gasteiger partial charge on any atom is 0.258 e.